The van der Waals surface area contributed by atoms with Crippen molar-refractivity contribution in [3.63, 3.8) is 0 Å². The molecule has 0 radical (unpaired) electrons. The van der Waals surface area contributed by atoms with E-state index in [1.807, 2.05) is 26.0 Å². The normalized spacial score (nSPS) is 17.3. The first-order chi connectivity index (χ1) is 10.1. The minimum atomic E-state index is 0.0611. The summed E-state index contributed by atoms with van der Waals surface area (Å²) in [7, 11) is 0. The predicted molar refractivity (Wildman–Crippen MR) is 79.9 cm³/mol. The molecule has 3 rings (SSSR count). The van der Waals surface area contributed by atoms with Crippen LogP contribution in [0.4, 0.5) is 0 Å². The van der Waals surface area contributed by atoms with Crippen LogP contribution in [0.5, 0.6) is 0 Å². The van der Waals surface area contributed by atoms with Gasteiger partial charge in [-0.05, 0) is 31.9 Å². The van der Waals surface area contributed by atoms with Crippen molar-refractivity contribution in [2.45, 2.75) is 45.7 Å². The van der Waals surface area contributed by atoms with E-state index in [9.17, 15) is 4.79 Å². The Morgan fingerprint density at radius 1 is 1.38 bits per heavy atom. The highest BCUT2D eigenvalue weighted by molar-refractivity contribution is 5.78. The quantitative estimate of drug-likeness (QED) is 0.930. The highest BCUT2D eigenvalue weighted by Gasteiger charge is 2.21. The molecule has 0 saturated carbocycles. The number of aromatic nitrogens is 3. The average Bonchev–Trinajstić information content (AvgIpc) is 2.80. The standard InChI is InChI=1S/C16H20N4O/c1-11-3-4-13(8-17-11)7-16(21)19-14-5-6-15-18-12(2)9-20(15)10-14/h3-4,8-9,14H,5-7,10H2,1-2H3,(H,19,21)/t14-/m0/s1. The van der Waals surface area contributed by atoms with E-state index < -0.39 is 0 Å². The summed E-state index contributed by atoms with van der Waals surface area (Å²) in [4.78, 5) is 20.8. The van der Waals surface area contributed by atoms with Gasteiger partial charge in [0.25, 0.3) is 0 Å². The van der Waals surface area contributed by atoms with Crippen molar-refractivity contribution in [1.82, 2.24) is 19.9 Å². The van der Waals surface area contributed by atoms with Gasteiger partial charge in [-0.2, -0.15) is 0 Å². The molecule has 2 aromatic rings. The maximum atomic E-state index is 12.1. The maximum absolute atomic E-state index is 12.1. The third-order valence-corrected chi connectivity index (χ3v) is 3.82. The summed E-state index contributed by atoms with van der Waals surface area (Å²) in [6.45, 7) is 4.76. The number of nitrogens with one attached hydrogen (secondary N) is 1. The highest BCUT2D eigenvalue weighted by Crippen LogP contribution is 2.15. The lowest BCUT2D eigenvalue weighted by Gasteiger charge is -2.24. The van der Waals surface area contributed by atoms with Crippen LogP contribution in [0.25, 0.3) is 0 Å². The number of carbonyl (C=O) groups excluding carboxylic acids is 1. The van der Waals surface area contributed by atoms with Crippen molar-refractivity contribution in [2.24, 2.45) is 0 Å². The molecule has 5 heteroatoms. The molecule has 2 aromatic heterocycles. The van der Waals surface area contributed by atoms with Crippen LogP contribution in [0.2, 0.25) is 0 Å². The van der Waals surface area contributed by atoms with Crippen LogP contribution in [-0.4, -0.2) is 26.5 Å². The first-order valence-electron chi connectivity index (χ1n) is 7.34. The van der Waals surface area contributed by atoms with Gasteiger partial charge < -0.3 is 9.88 Å². The molecule has 0 spiro atoms. The van der Waals surface area contributed by atoms with Crippen molar-refractivity contribution < 1.29 is 4.79 Å². The Hall–Kier alpha value is -2.17. The number of rotatable bonds is 3. The largest absolute Gasteiger partial charge is 0.351 e. The number of imidazole rings is 1. The Balaban J connectivity index is 1.57. The molecule has 0 aromatic carbocycles. The second kappa shape index (κ2) is 5.68. The van der Waals surface area contributed by atoms with Gasteiger partial charge in [0.1, 0.15) is 5.82 Å². The zero-order valence-electron chi connectivity index (χ0n) is 12.5. The third-order valence-electron chi connectivity index (χ3n) is 3.82. The zero-order chi connectivity index (χ0) is 14.8. The second-order valence-corrected chi connectivity index (χ2v) is 5.74. The van der Waals surface area contributed by atoms with Gasteiger partial charge in [0.15, 0.2) is 0 Å². The molecular formula is C16H20N4O. The molecule has 0 bridgehead atoms. The van der Waals surface area contributed by atoms with Crippen LogP contribution in [0.15, 0.2) is 24.5 Å². The van der Waals surface area contributed by atoms with Crippen molar-refractivity contribution in [1.29, 1.82) is 0 Å². The lowest BCUT2D eigenvalue weighted by Crippen LogP contribution is -2.41. The van der Waals surface area contributed by atoms with Crippen molar-refractivity contribution in [2.75, 3.05) is 0 Å². The number of nitrogens with zero attached hydrogens (tertiary/aromatic N) is 3. The number of hydrogen-bond donors (Lipinski definition) is 1. The molecule has 1 amide bonds. The Kier molecular flexibility index (Phi) is 3.73. The van der Waals surface area contributed by atoms with E-state index >= 15 is 0 Å². The molecule has 0 aliphatic carbocycles. The molecule has 3 heterocycles. The average molecular weight is 284 g/mol. The highest BCUT2D eigenvalue weighted by atomic mass is 16.1. The van der Waals surface area contributed by atoms with E-state index in [0.717, 1.165) is 42.2 Å². The number of carbonyl (C=O) groups is 1. The van der Waals surface area contributed by atoms with Gasteiger partial charge in [-0.1, -0.05) is 6.07 Å². The van der Waals surface area contributed by atoms with Crippen LogP contribution < -0.4 is 5.32 Å². The van der Waals surface area contributed by atoms with E-state index in [1.54, 1.807) is 6.20 Å². The Morgan fingerprint density at radius 2 is 2.24 bits per heavy atom. The summed E-state index contributed by atoms with van der Waals surface area (Å²) in [5, 5.41) is 3.12. The minimum Gasteiger partial charge on any atom is -0.351 e. The summed E-state index contributed by atoms with van der Waals surface area (Å²) < 4.78 is 2.15. The lowest BCUT2D eigenvalue weighted by molar-refractivity contribution is -0.121. The topological polar surface area (TPSA) is 59.8 Å². The van der Waals surface area contributed by atoms with Crippen LogP contribution in [0.1, 0.15) is 29.2 Å². The molecule has 0 saturated heterocycles. The molecule has 110 valence electrons. The fourth-order valence-electron chi connectivity index (χ4n) is 2.77. The smallest absolute Gasteiger partial charge is 0.224 e. The van der Waals surface area contributed by atoms with E-state index in [2.05, 4.69) is 26.0 Å². The maximum Gasteiger partial charge on any atom is 0.224 e. The summed E-state index contributed by atoms with van der Waals surface area (Å²) >= 11 is 0. The van der Waals surface area contributed by atoms with Gasteiger partial charge in [-0.25, -0.2) is 4.98 Å². The Bertz CT molecular complexity index is 645. The zero-order valence-corrected chi connectivity index (χ0v) is 12.5. The van der Waals surface area contributed by atoms with E-state index in [1.165, 1.54) is 0 Å². The fraction of sp³-hybridized carbons (Fsp3) is 0.438. The number of aryl methyl sites for hydroxylation is 3. The van der Waals surface area contributed by atoms with Crippen LogP contribution in [-0.2, 0) is 24.2 Å². The van der Waals surface area contributed by atoms with E-state index in [4.69, 9.17) is 0 Å². The SMILES string of the molecule is Cc1ccc(CC(=O)N[C@H]2CCc3nc(C)cn3C2)cn1. The molecule has 0 fully saturated rings. The molecule has 1 aliphatic heterocycles. The predicted octanol–water partition coefficient (Wildman–Crippen LogP) is 1.57. The third kappa shape index (κ3) is 3.29. The number of pyridine rings is 1. The molecular weight excluding hydrogens is 264 g/mol. The molecule has 0 unspecified atom stereocenters. The van der Waals surface area contributed by atoms with Crippen molar-refractivity contribution in [3.8, 4) is 0 Å². The van der Waals surface area contributed by atoms with Crippen molar-refractivity contribution >= 4 is 5.91 Å². The molecule has 1 atom stereocenters. The van der Waals surface area contributed by atoms with E-state index in [-0.39, 0.29) is 11.9 Å². The van der Waals surface area contributed by atoms with Gasteiger partial charge >= 0.3 is 0 Å². The first kappa shape index (κ1) is 13.8. The monoisotopic (exact) mass is 284 g/mol. The molecule has 1 N–H and O–H groups in total. The van der Waals surface area contributed by atoms with Gasteiger partial charge in [-0.3, -0.25) is 9.78 Å². The fourth-order valence-corrected chi connectivity index (χ4v) is 2.77. The molecule has 1 aliphatic rings. The minimum absolute atomic E-state index is 0.0611. The van der Waals surface area contributed by atoms with Gasteiger partial charge in [0.2, 0.25) is 5.91 Å². The van der Waals surface area contributed by atoms with Gasteiger partial charge in [0.05, 0.1) is 12.1 Å². The summed E-state index contributed by atoms with van der Waals surface area (Å²) in [6, 6.07) is 4.08. The first-order valence-corrected chi connectivity index (χ1v) is 7.34. The summed E-state index contributed by atoms with van der Waals surface area (Å²) in [5.41, 5.74) is 2.96. The number of amides is 1. The molecule has 21 heavy (non-hydrogen) atoms. The molecule has 5 nitrogen and oxygen atoms in total. The van der Waals surface area contributed by atoms with E-state index in [0.29, 0.717) is 6.42 Å². The van der Waals surface area contributed by atoms with Crippen molar-refractivity contribution in [3.05, 3.63) is 47.3 Å². The van der Waals surface area contributed by atoms with Crippen LogP contribution in [0.3, 0.4) is 0 Å². The second-order valence-electron chi connectivity index (χ2n) is 5.74. The van der Waals surface area contributed by atoms with Gasteiger partial charge in [0, 0.05) is 37.1 Å². The number of fused-ring (bicyclic) bond motifs is 1. The Morgan fingerprint density at radius 3 is 3.00 bits per heavy atom. The van der Waals surface area contributed by atoms with Crippen LogP contribution >= 0.6 is 0 Å². The Labute approximate surface area is 124 Å². The lowest BCUT2D eigenvalue weighted by atomic mass is 10.1. The number of hydrogen-bond acceptors (Lipinski definition) is 3. The van der Waals surface area contributed by atoms with Crippen LogP contribution in [0, 0.1) is 13.8 Å². The summed E-state index contributed by atoms with van der Waals surface area (Å²) in [5.74, 6) is 1.19. The summed E-state index contributed by atoms with van der Waals surface area (Å²) in [6.07, 6.45) is 6.09. The van der Waals surface area contributed by atoms with Gasteiger partial charge in [-0.15, -0.1) is 0 Å².